The molecule has 2 heterocycles. The highest BCUT2D eigenvalue weighted by Crippen LogP contribution is 2.30. The number of nitrogens with zero attached hydrogens (tertiary/aromatic N) is 2. The Kier molecular flexibility index (Phi) is 12.9. The van der Waals surface area contributed by atoms with Crippen LogP contribution in [0, 0.1) is 5.92 Å². The maximum atomic E-state index is 14.4. The van der Waals surface area contributed by atoms with Crippen LogP contribution in [0.15, 0.2) is 69.1 Å². The summed E-state index contributed by atoms with van der Waals surface area (Å²) in [5, 5.41) is 11.9. The highest BCUT2D eigenvalue weighted by Gasteiger charge is 2.33. The van der Waals surface area contributed by atoms with Crippen LogP contribution in [-0.4, -0.2) is 95.8 Å². The van der Waals surface area contributed by atoms with Gasteiger partial charge in [0.1, 0.15) is 15.7 Å². The Morgan fingerprint density at radius 3 is 2.48 bits per heavy atom. The summed E-state index contributed by atoms with van der Waals surface area (Å²) >= 11 is 1.14. The van der Waals surface area contributed by atoms with Gasteiger partial charge in [-0.05, 0) is 87.0 Å². The predicted molar refractivity (Wildman–Crippen MR) is 185 cm³/mol. The second-order valence-corrected chi connectivity index (χ2v) is 16.9. The van der Waals surface area contributed by atoms with E-state index in [4.69, 9.17) is 14.2 Å². The normalized spacial score (nSPS) is 20.8. The smallest absolute Gasteiger partial charge is 0.261 e. The van der Waals surface area contributed by atoms with Crippen LogP contribution < -0.4 is 14.2 Å². The van der Waals surface area contributed by atoms with Crippen molar-refractivity contribution in [2.24, 2.45) is 5.92 Å². The van der Waals surface area contributed by atoms with E-state index in [1.165, 1.54) is 41.6 Å². The van der Waals surface area contributed by atoms with Crippen molar-refractivity contribution in [3.8, 4) is 11.5 Å². The molecule has 0 saturated heterocycles. The standard InChI is InChI=1S/C33H45N3O9S3/c1-23-20-36(24(2)22-37)33(38)29-19-26(34-47(39,40)28-14-12-27(43-5)13-15-28)11-16-30(29)45-25(3)9-6-7-17-44-31(23)21-35(4)48(41,42)32-10-8-18-46-32/h8,10-16,18-19,23-25,31,34,37H,6-7,9,17,20-22H2,1-5H3/t23-,24-,25-,31+/m0/s1. The maximum absolute atomic E-state index is 14.4. The minimum Gasteiger partial charge on any atom is -0.497 e. The summed E-state index contributed by atoms with van der Waals surface area (Å²) in [7, 11) is -4.76. The molecule has 0 fully saturated rings. The van der Waals surface area contributed by atoms with E-state index in [1.54, 1.807) is 48.7 Å². The third kappa shape index (κ3) is 9.27. The van der Waals surface area contributed by atoms with Crippen molar-refractivity contribution in [2.45, 2.75) is 67.4 Å². The molecule has 15 heteroatoms. The molecule has 12 nitrogen and oxygen atoms in total. The van der Waals surface area contributed by atoms with Gasteiger partial charge in [-0.15, -0.1) is 11.3 Å². The fourth-order valence-corrected chi connectivity index (χ4v) is 8.77. The van der Waals surface area contributed by atoms with E-state index in [0.717, 1.165) is 17.8 Å². The first-order chi connectivity index (χ1) is 22.8. The SMILES string of the molecule is COc1ccc(S(=O)(=O)Nc2ccc3c(c2)C(=O)N([C@@H](C)CO)C[C@H](C)[C@@H](CN(C)S(=O)(=O)c2cccs2)OCCCC[C@H](C)O3)cc1. The van der Waals surface area contributed by atoms with Gasteiger partial charge in [-0.3, -0.25) is 9.52 Å². The summed E-state index contributed by atoms with van der Waals surface area (Å²) in [5.41, 5.74) is 0.276. The highest BCUT2D eigenvalue weighted by atomic mass is 32.2. The minimum absolute atomic E-state index is 0.0149. The van der Waals surface area contributed by atoms with Gasteiger partial charge in [-0.2, -0.15) is 4.31 Å². The number of aliphatic hydroxyl groups excluding tert-OH is 1. The van der Waals surface area contributed by atoms with Crippen molar-refractivity contribution in [3.63, 3.8) is 0 Å². The average Bonchev–Trinajstić information content (AvgIpc) is 3.62. The molecule has 0 radical (unpaired) electrons. The molecule has 0 saturated carbocycles. The summed E-state index contributed by atoms with van der Waals surface area (Å²) in [6.07, 6.45) is 1.30. The second-order valence-electron chi connectivity index (χ2n) is 12.0. The van der Waals surface area contributed by atoms with Crippen molar-refractivity contribution in [2.75, 3.05) is 45.2 Å². The third-order valence-electron chi connectivity index (χ3n) is 8.27. The first-order valence-electron chi connectivity index (χ1n) is 15.8. The summed E-state index contributed by atoms with van der Waals surface area (Å²) < 4.78 is 74.7. The Labute approximate surface area is 287 Å². The topological polar surface area (TPSA) is 152 Å². The van der Waals surface area contributed by atoms with Crippen molar-refractivity contribution in [3.05, 3.63) is 65.5 Å². The van der Waals surface area contributed by atoms with Crippen LogP contribution in [0.1, 0.15) is 50.4 Å². The number of anilines is 1. The van der Waals surface area contributed by atoms with Crippen molar-refractivity contribution < 1.29 is 40.9 Å². The molecule has 4 atom stereocenters. The van der Waals surface area contributed by atoms with Crippen LogP contribution in [0.25, 0.3) is 0 Å². The van der Waals surface area contributed by atoms with Crippen molar-refractivity contribution >= 4 is 43.0 Å². The molecule has 0 aliphatic carbocycles. The van der Waals surface area contributed by atoms with E-state index in [2.05, 4.69) is 4.72 Å². The first kappa shape index (κ1) is 37.6. The predicted octanol–water partition coefficient (Wildman–Crippen LogP) is 4.67. The number of methoxy groups -OCH3 is 1. The molecule has 1 amide bonds. The largest absolute Gasteiger partial charge is 0.497 e. The van der Waals surface area contributed by atoms with E-state index < -0.39 is 38.1 Å². The molecule has 1 aromatic heterocycles. The van der Waals surface area contributed by atoms with Gasteiger partial charge in [0.25, 0.3) is 26.0 Å². The molecule has 3 aromatic rings. The molecule has 1 aliphatic heterocycles. The van der Waals surface area contributed by atoms with E-state index in [-0.39, 0.29) is 57.8 Å². The van der Waals surface area contributed by atoms with Crippen LogP contribution >= 0.6 is 11.3 Å². The molecule has 2 aromatic carbocycles. The molecule has 0 unspecified atom stereocenters. The number of amides is 1. The molecule has 1 aliphatic rings. The number of thiophene rings is 1. The highest BCUT2D eigenvalue weighted by molar-refractivity contribution is 7.92. The molecule has 0 spiro atoms. The lowest BCUT2D eigenvalue weighted by atomic mass is 10.0. The summed E-state index contributed by atoms with van der Waals surface area (Å²) in [6.45, 7) is 5.71. The van der Waals surface area contributed by atoms with E-state index in [0.29, 0.717) is 25.2 Å². The van der Waals surface area contributed by atoms with Gasteiger partial charge >= 0.3 is 0 Å². The number of likely N-dealkylation sites (N-methyl/N-ethyl adjacent to an activating group) is 1. The van der Waals surface area contributed by atoms with Crippen LogP contribution in [0.2, 0.25) is 0 Å². The molecular formula is C33H45N3O9S3. The minimum atomic E-state index is -4.01. The Bertz CT molecular complexity index is 1720. The van der Waals surface area contributed by atoms with Crippen LogP contribution in [0.3, 0.4) is 0 Å². The lowest BCUT2D eigenvalue weighted by molar-refractivity contribution is -0.00832. The zero-order chi connectivity index (χ0) is 35.1. The number of fused-ring (bicyclic) bond motifs is 1. The van der Waals surface area contributed by atoms with Crippen molar-refractivity contribution in [1.82, 2.24) is 9.21 Å². The number of carbonyl (C=O) groups excluding carboxylic acids is 1. The Morgan fingerprint density at radius 1 is 1.10 bits per heavy atom. The Morgan fingerprint density at radius 2 is 1.83 bits per heavy atom. The lowest BCUT2D eigenvalue weighted by Gasteiger charge is -2.35. The number of nitrogens with one attached hydrogen (secondary N) is 1. The average molecular weight is 724 g/mol. The summed E-state index contributed by atoms with van der Waals surface area (Å²) in [6, 6.07) is 13.1. The van der Waals surface area contributed by atoms with Gasteiger partial charge in [0.2, 0.25) is 0 Å². The van der Waals surface area contributed by atoms with Gasteiger partial charge in [-0.1, -0.05) is 13.0 Å². The van der Waals surface area contributed by atoms with E-state index >= 15 is 0 Å². The molecule has 2 N–H and O–H groups in total. The van der Waals surface area contributed by atoms with Crippen LogP contribution in [0.5, 0.6) is 11.5 Å². The fraction of sp³-hybridized carbons (Fsp3) is 0.485. The Hall–Kier alpha value is -3.21. The van der Waals surface area contributed by atoms with Gasteiger partial charge in [-0.25, -0.2) is 16.8 Å². The van der Waals surface area contributed by atoms with Crippen LogP contribution in [-0.2, 0) is 24.8 Å². The maximum Gasteiger partial charge on any atom is 0.261 e. The number of sulfonamides is 2. The molecule has 4 rings (SSSR count). The number of hydrogen-bond donors (Lipinski definition) is 2. The first-order valence-corrected chi connectivity index (χ1v) is 19.6. The molecule has 48 heavy (non-hydrogen) atoms. The third-order valence-corrected chi connectivity index (χ3v) is 12.9. The monoisotopic (exact) mass is 723 g/mol. The Balaban J connectivity index is 1.67. The summed E-state index contributed by atoms with van der Waals surface area (Å²) in [4.78, 5) is 15.9. The van der Waals surface area contributed by atoms with E-state index in [1.807, 2.05) is 13.8 Å². The molecule has 0 bridgehead atoms. The molecule has 264 valence electrons. The fourth-order valence-electron chi connectivity index (χ4n) is 5.33. The lowest BCUT2D eigenvalue weighted by Crippen LogP contribution is -2.48. The number of aliphatic hydroxyl groups is 1. The summed E-state index contributed by atoms with van der Waals surface area (Å²) in [5.74, 6) is -0.0411. The van der Waals surface area contributed by atoms with Gasteiger partial charge < -0.3 is 24.2 Å². The van der Waals surface area contributed by atoms with Crippen molar-refractivity contribution in [1.29, 1.82) is 0 Å². The van der Waals surface area contributed by atoms with Gasteiger partial charge in [0.05, 0.1) is 42.4 Å². The number of ether oxygens (including phenoxy) is 3. The number of benzene rings is 2. The number of hydrogen-bond acceptors (Lipinski definition) is 10. The number of carbonyl (C=O) groups is 1. The number of rotatable bonds is 10. The van der Waals surface area contributed by atoms with Gasteiger partial charge in [0.15, 0.2) is 0 Å². The second kappa shape index (κ2) is 16.5. The zero-order valence-corrected chi connectivity index (χ0v) is 30.3. The van der Waals surface area contributed by atoms with E-state index in [9.17, 15) is 26.7 Å². The van der Waals surface area contributed by atoms with Gasteiger partial charge in [0, 0.05) is 38.3 Å². The van der Waals surface area contributed by atoms with Crippen LogP contribution in [0.4, 0.5) is 5.69 Å². The quantitative estimate of drug-likeness (QED) is 0.304. The molecular weight excluding hydrogens is 679 g/mol. The zero-order valence-electron chi connectivity index (χ0n) is 27.9.